The van der Waals surface area contributed by atoms with Gasteiger partial charge in [-0.3, -0.25) is 9.59 Å². The van der Waals surface area contributed by atoms with Crippen molar-refractivity contribution >= 4 is 11.9 Å². The molecule has 1 aliphatic rings. The summed E-state index contributed by atoms with van der Waals surface area (Å²) >= 11 is 0. The molecule has 0 aliphatic carbocycles. The molecule has 0 unspecified atom stereocenters. The maximum atomic E-state index is 12.2. The third kappa shape index (κ3) is 2.29. The van der Waals surface area contributed by atoms with Crippen LogP contribution in [0.25, 0.3) is 0 Å². The monoisotopic (exact) mass is 277 g/mol. The van der Waals surface area contributed by atoms with Gasteiger partial charge in [-0.25, -0.2) is 0 Å². The van der Waals surface area contributed by atoms with Gasteiger partial charge in [0.2, 0.25) is 0 Å². The van der Waals surface area contributed by atoms with Crippen LogP contribution in [-0.4, -0.2) is 32.2 Å². The van der Waals surface area contributed by atoms with E-state index >= 15 is 0 Å². The lowest BCUT2D eigenvalue weighted by Crippen LogP contribution is -2.59. The Hall–Kier alpha value is -1.88. The molecule has 20 heavy (non-hydrogen) atoms. The number of rotatable bonds is 3. The van der Waals surface area contributed by atoms with Crippen molar-refractivity contribution in [3.63, 3.8) is 0 Å². The van der Waals surface area contributed by atoms with Gasteiger partial charge < -0.3 is 14.8 Å². The Labute approximate surface area is 118 Å². The number of benzene rings is 1. The zero-order valence-corrected chi connectivity index (χ0v) is 11.9. The molecule has 0 amide bonds. The lowest BCUT2D eigenvalue weighted by molar-refractivity contribution is -0.176. The number of hydrogen-bond donors (Lipinski definition) is 1. The molecule has 0 bridgehead atoms. The van der Waals surface area contributed by atoms with Crippen LogP contribution in [0.1, 0.15) is 18.9 Å². The Balaban J connectivity index is 2.55. The fourth-order valence-corrected chi connectivity index (χ4v) is 2.98. The number of carbonyl (C=O) groups is 2. The summed E-state index contributed by atoms with van der Waals surface area (Å²) < 4.78 is 10.1. The summed E-state index contributed by atoms with van der Waals surface area (Å²) in [6.07, 6.45) is -0.450. The van der Waals surface area contributed by atoms with Gasteiger partial charge in [0.25, 0.3) is 0 Å². The van der Waals surface area contributed by atoms with E-state index in [2.05, 4.69) is 5.32 Å². The Morgan fingerprint density at radius 3 is 2.60 bits per heavy atom. The summed E-state index contributed by atoms with van der Waals surface area (Å²) in [7, 11) is 3.09. The topological polar surface area (TPSA) is 64.6 Å². The fraction of sp³-hybridized carbons (Fsp3) is 0.467. The number of nitrogens with one attached hydrogen (secondary N) is 1. The molecule has 3 atom stereocenters. The summed E-state index contributed by atoms with van der Waals surface area (Å²) in [5, 5.41) is 3.16. The molecule has 1 fully saturated rings. The molecule has 5 nitrogen and oxygen atoms in total. The molecule has 0 aromatic heterocycles. The second-order valence-electron chi connectivity index (χ2n) is 4.96. The van der Waals surface area contributed by atoms with Crippen LogP contribution < -0.4 is 5.32 Å². The van der Waals surface area contributed by atoms with E-state index < -0.39 is 17.6 Å². The van der Waals surface area contributed by atoms with Crippen molar-refractivity contribution in [1.82, 2.24) is 5.32 Å². The smallest absolute Gasteiger partial charge is 0.314 e. The highest BCUT2D eigenvalue weighted by Gasteiger charge is 2.53. The first-order chi connectivity index (χ1) is 9.55. The first-order valence-corrected chi connectivity index (χ1v) is 6.57. The lowest BCUT2D eigenvalue weighted by Gasteiger charge is -2.44. The molecule has 2 rings (SSSR count). The Kier molecular flexibility index (Phi) is 4.09. The van der Waals surface area contributed by atoms with E-state index in [1.165, 1.54) is 7.11 Å². The minimum absolute atomic E-state index is 0.0949. The molecule has 1 saturated heterocycles. The van der Waals surface area contributed by atoms with Gasteiger partial charge >= 0.3 is 11.9 Å². The van der Waals surface area contributed by atoms with E-state index in [1.54, 1.807) is 14.0 Å². The average molecular weight is 277 g/mol. The number of carbonyl (C=O) groups excluding carboxylic acids is 2. The van der Waals surface area contributed by atoms with E-state index in [-0.39, 0.29) is 18.4 Å². The maximum absolute atomic E-state index is 12.2. The van der Waals surface area contributed by atoms with Crippen LogP contribution >= 0.6 is 0 Å². The molecule has 1 heterocycles. The van der Waals surface area contributed by atoms with E-state index in [9.17, 15) is 9.59 Å². The third-order valence-electron chi connectivity index (χ3n) is 3.93. The molecule has 0 radical (unpaired) electrons. The molecular formula is C15H19NO4. The van der Waals surface area contributed by atoms with Crippen LogP contribution in [0.15, 0.2) is 30.3 Å². The van der Waals surface area contributed by atoms with E-state index in [4.69, 9.17) is 9.47 Å². The van der Waals surface area contributed by atoms with Crippen LogP contribution in [0.5, 0.6) is 0 Å². The van der Waals surface area contributed by atoms with E-state index in [0.717, 1.165) is 5.56 Å². The standard InChI is InChI=1S/C15H19NO4/c1-10-13(14(18)19-3)15(16-2,9-12(17)20-10)11-7-5-4-6-8-11/h4-8,10,13,16H,9H2,1-3H3/t10-,13+,15-/m1/s1. The second kappa shape index (κ2) is 5.63. The predicted molar refractivity (Wildman–Crippen MR) is 72.9 cm³/mol. The summed E-state index contributed by atoms with van der Waals surface area (Å²) in [5.74, 6) is -1.29. The molecule has 1 aromatic carbocycles. The van der Waals surface area contributed by atoms with E-state index in [1.807, 2.05) is 30.3 Å². The van der Waals surface area contributed by atoms with Crippen molar-refractivity contribution < 1.29 is 19.1 Å². The van der Waals surface area contributed by atoms with Crippen LogP contribution in [0.2, 0.25) is 0 Å². The van der Waals surface area contributed by atoms with Gasteiger partial charge in [-0.05, 0) is 19.5 Å². The first kappa shape index (κ1) is 14.5. The molecule has 1 aliphatic heterocycles. The zero-order valence-electron chi connectivity index (χ0n) is 11.9. The Morgan fingerprint density at radius 1 is 1.40 bits per heavy atom. The van der Waals surface area contributed by atoms with Gasteiger partial charge in [0.15, 0.2) is 0 Å². The third-order valence-corrected chi connectivity index (χ3v) is 3.93. The zero-order chi connectivity index (χ0) is 14.8. The number of hydrogen-bond acceptors (Lipinski definition) is 5. The van der Waals surface area contributed by atoms with Crippen molar-refractivity contribution in [1.29, 1.82) is 0 Å². The summed E-state index contributed by atoms with van der Waals surface area (Å²) in [6, 6.07) is 9.46. The van der Waals surface area contributed by atoms with Crippen LogP contribution in [-0.2, 0) is 24.6 Å². The number of esters is 2. The second-order valence-corrected chi connectivity index (χ2v) is 4.96. The van der Waals surface area contributed by atoms with E-state index in [0.29, 0.717) is 0 Å². The number of ether oxygens (including phenoxy) is 2. The van der Waals surface area contributed by atoms with Crippen molar-refractivity contribution in [2.75, 3.05) is 14.2 Å². The van der Waals surface area contributed by atoms with Gasteiger partial charge in [0.1, 0.15) is 12.0 Å². The predicted octanol–water partition coefficient (Wildman–Crippen LogP) is 1.23. The highest BCUT2D eigenvalue weighted by molar-refractivity contribution is 5.81. The summed E-state index contributed by atoms with van der Waals surface area (Å²) in [6.45, 7) is 1.72. The normalized spacial score (nSPS) is 29.6. The summed E-state index contributed by atoms with van der Waals surface area (Å²) in [4.78, 5) is 24.0. The Bertz CT molecular complexity index is 502. The van der Waals surface area contributed by atoms with Crippen LogP contribution in [0, 0.1) is 5.92 Å². The lowest BCUT2D eigenvalue weighted by atomic mass is 9.71. The molecule has 108 valence electrons. The fourth-order valence-electron chi connectivity index (χ4n) is 2.98. The molecule has 0 saturated carbocycles. The number of methoxy groups -OCH3 is 1. The maximum Gasteiger partial charge on any atom is 0.314 e. The molecule has 1 aromatic rings. The minimum atomic E-state index is -0.802. The van der Waals surface area contributed by atoms with Gasteiger partial charge in [-0.1, -0.05) is 30.3 Å². The van der Waals surface area contributed by atoms with Crippen molar-refractivity contribution in [2.45, 2.75) is 25.0 Å². The number of cyclic esters (lactones) is 1. The molecule has 0 spiro atoms. The van der Waals surface area contributed by atoms with Crippen LogP contribution in [0.3, 0.4) is 0 Å². The summed E-state index contributed by atoms with van der Waals surface area (Å²) in [5.41, 5.74) is 0.0738. The SMILES string of the molecule is CN[C@@]1(c2ccccc2)CC(=O)O[C@H](C)[C@H]1C(=O)OC. The molecular weight excluding hydrogens is 258 g/mol. The van der Waals surface area contributed by atoms with Gasteiger partial charge in [0, 0.05) is 0 Å². The molecule has 5 heteroatoms. The average Bonchev–Trinajstić information content (AvgIpc) is 2.46. The quantitative estimate of drug-likeness (QED) is 0.842. The van der Waals surface area contributed by atoms with Crippen molar-refractivity contribution in [2.24, 2.45) is 5.92 Å². The van der Waals surface area contributed by atoms with Gasteiger partial charge in [-0.15, -0.1) is 0 Å². The first-order valence-electron chi connectivity index (χ1n) is 6.57. The van der Waals surface area contributed by atoms with Gasteiger partial charge in [0.05, 0.1) is 19.1 Å². The highest BCUT2D eigenvalue weighted by atomic mass is 16.6. The van der Waals surface area contributed by atoms with Crippen molar-refractivity contribution in [3.8, 4) is 0 Å². The van der Waals surface area contributed by atoms with Crippen molar-refractivity contribution in [3.05, 3.63) is 35.9 Å². The largest absolute Gasteiger partial charge is 0.469 e. The molecule has 1 N–H and O–H groups in total. The highest BCUT2D eigenvalue weighted by Crippen LogP contribution is 2.40. The minimum Gasteiger partial charge on any atom is -0.469 e. The van der Waals surface area contributed by atoms with Crippen LogP contribution in [0.4, 0.5) is 0 Å². The Morgan fingerprint density at radius 2 is 2.05 bits per heavy atom. The van der Waals surface area contributed by atoms with Gasteiger partial charge in [-0.2, -0.15) is 0 Å².